The van der Waals surface area contributed by atoms with E-state index in [4.69, 9.17) is 9.72 Å². The van der Waals surface area contributed by atoms with Crippen LogP contribution in [0.3, 0.4) is 0 Å². The third kappa shape index (κ3) is 4.28. The number of fused-ring (bicyclic) bond motifs is 1. The van der Waals surface area contributed by atoms with E-state index in [9.17, 15) is 9.59 Å². The third-order valence-corrected chi connectivity index (χ3v) is 5.36. The smallest absolute Gasteiger partial charge is 0.261 e. The van der Waals surface area contributed by atoms with Gasteiger partial charge in [0.2, 0.25) is 0 Å². The van der Waals surface area contributed by atoms with Crippen molar-refractivity contribution in [3.05, 3.63) is 75.8 Å². The second kappa shape index (κ2) is 9.67. The van der Waals surface area contributed by atoms with Crippen molar-refractivity contribution in [2.24, 2.45) is 0 Å². The molecule has 0 aliphatic heterocycles. The SMILES string of the molecule is CCC(c1nc2ccccc2c(=O)n1CC)N(CCOC)C(=O)c1ccc(C)cc1. The van der Waals surface area contributed by atoms with Gasteiger partial charge in [0, 0.05) is 25.8 Å². The van der Waals surface area contributed by atoms with Crippen LogP contribution in [0.1, 0.15) is 48.1 Å². The highest BCUT2D eigenvalue weighted by Crippen LogP contribution is 2.25. The van der Waals surface area contributed by atoms with Gasteiger partial charge in [-0.1, -0.05) is 36.8 Å². The molecule has 3 aromatic rings. The fourth-order valence-corrected chi connectivity index (χ4v) is 3.74. The normalized spacial score (nSPS) is 12.1. The van der Waals surface area contributed by atoms with Crippen LogP contribution in [0.25, 0.3) is 10.9 Å². The van der Waals surface area contributed by atoms with E-state index in [-0.39, 0.29) is 17.5 Å². The monoisotopic (exact) mass is 407 g/mol. The van der Waals surface area contributed by atoms with Gasteiger partial charge in [0.25, 0.3) is 11.5 Å². The predicted molar refractivity (Wildman–Crippen MR) is 119 cm³/mol. The first-order valence-electron chi connectivity index (χ1n) is 10.4. The van der Waals surface area contributed by atoms with Gasteiger partial charge in [-0.05, 0) is 44.5 Å². The lowest BCUT2D eigenvalue weighted by Crippen LogP contribution is -2.40. The topological polar surface area (TPSA) is 64.4 Å². The molecule has 0 fully saturated rings. The number of hydrogen-bond acceptors (Lipinski definition) is 4. The molecule has 0 N–H and O–H groups in total. The highest BCUT2D eigenvalue weighted by atomic mass is 16.5. The summed E-state index contributed by atoms with van der Waals surface area (Å²) in [7, 11) is 1.62. The van der Waals surface area contributed by atoms with E-state index in [2.05, 4.69) is 0 Å². The number of hydrogen-bond donors (Lipinski definition) is 0. The highest BCUT2D eigenvalue weighted by molar-refractivity contribution is 5.94. The molecule has 1 aromatic heterocycles. The molecule has 1 amide bonds. The van der Waals surface area contributed by atoms with E-state index in [1.807, 2.05) is 63.2 Å². The number of carbonyl (C=O) groups is 1. The third-order valence-electron chi connectivity index (χ3n) is 5.36. The zero-order valence-corrected chi connectivity index (χ0v) is 18.1. The number of nitrogens with zero attached hydrogens (tertiary/aromatic N) is 3. The number of carbonyl (C=O) groups excluding carboxylic acids is 1. The molecule has 0 aliphatic rings. The summed E-state index contributed by atoms with van der Waals surface area (Å²) in [5.74, 6) is 0.518. The first-order chi connectivity index (χ1) is 14.5. The molecule has 30 heavy (non-hydrogen) atoms. The molecule has 1 unspecified atom stereocenters. The fraction of sp³-hybridized carbons (Fsp3) is 0.375. The molecule has 0 saturated heterocycles. The fourth-order valence-electron chi connectivity index (χ4n) is 3.74. The van der Waals surface area contributed by atoms with Gasteiger partial charge < -0.3 is 9.64 Å². The summed E-state index contributed by atoms with van der Waals surface area (Å²) in [5, 5.41) is 0.589. The Balaban J connectivity index is 2.13. The number of amides is 1. The molecule has 0 radical (unpaired) electrons. The summed E-state index contributed by atoms with van der Waals surface area (Å²) in [6.07, 6.45) is 0.631. The minimum atomic E-state index is -0.341. The van der Waals surface area contributed by atoms with Gasteiger partial charge in [-0.15, -0.1) is 0 Å². The summed E-state index contributed by atoms with van der Waals surface area (Å²) in [5.41, 5.74) is 2.28. The number of aromatic nitrogens is 2. The van der Waals surface area contributed by atoms with Crippen molar-refractivity contribution in [1.29, 1.82) is 0 Å². The van der Waals surface area contributed by atoms with E-state index in [0.29, 0.717) is 48.4 Å². The summed E-state index contributed by atoms with van der Waals surface area (Å²) >= 11 is 0. The average molecular weight is 408 g/mol. The molecular formula is C24H29N3O3. The second-order valence-corrected chi connectivity index (χ2v) is 7.32. The van der Waals surface area contributed by atoms with Crippen LogP contribution < -0.4 is 5.56 Å². The van der Waals surface area contributed by atoms with Crippen LogP contribution in [-0.4, -0.2) is 40.6 Å². The van der Waals surface area contributed by atoms with Crippen molar-refractivity contribution >= 4 is 16.8 Å². The Morgan fingerprint density at radius 1 is 1.13 bits per heavy atom. The van der Waals surface area contributed by atoms with Crippen LogP contribution in [0.4, 0.5) is 0 Å². The maximum Gasteiger partial charge on any atom is 0.261 e. The Labute approximate surface area is 177 Å². The van der Waals surface area contributed by atoms with Crippen molar-refractivity contribution in [3.63, 3.8) is 0 Å². The number of rotatable bonds is 8. The lowest BCUT2D eigenvalue weighted by molar-refractivity contribution is 0.0576. The summed E-state index contributed by atoms with van der Waals surface area (Å²) in [4.78, 5) is 33.1. The minimum absolute atomic E-state index is 0.0778. The molecule has 158 valence electrons. The predicted octanol–water partition coefficient (Wildman–Crippen LogP) is 3.96. The first-order valence-corrected chi connectivity index (χ1v) is 10.4. The zero-order chi connectivity index (χ0) is 21.7. The number of aryl methyl sites for hydroxylation is 1. The average Bonchev–Trinajstić information content (AvgIpc) is 2.77. The maximum absolute atomic E-state index is 13.4. The Kier molecular flexibility index (Phi) is 7.00. The van der Waals surface area contributed by atoms with Crippen molar-refractivity contribution in [2.45, 2.75) is 39.8 Å². The van der Waals surface area contributed by atoms with Crippen molar-refractivity contribution in [1.82, 2.24) is 14.5 Å². The van der Waals surface area contributed by atoms with Crippen LogP contribution in [-0.2, 0) is 11.3 Å². The van der Waals surface area contributed by atoms with Gasteiger partial charge in [-0.2, -0.15) is 0 Å². The van der Waals surface area contributed by atoms with Crippen LogP contribution in [0.2, 0.25) is 0 Å². The molecule has 2 aromatic carbocycles. The van der Waals surface area contributed by atoms with Gasteiger partial charge in [0.1, 0.15) is 5.82 Å². The standard InChI is InChI=1S/C24H29N3O3/c1-5-21(22-25-20-10-8-7-9-19(20)24(29)26(22)6-2)27(15-16-30-4)23(28)18-13-11-17(3)12-14-18/h7-14,21H,5-6,15-16H2,1-4H3. The van der Waals surface area contributed by atoms with Crippen molar-refractivity contribution < 1.29 is 9.53 Å². The van der Waals surface area contributed by atoms with E-state index >= 15 is 0 Å². The van der Waals surface area contributed by atoms with Crippen LogP contribution in [0.15, 0.2) is 53.3 Å². The highest BCUT2D eigenvalue weighted by Gasteiger charge is 2.28. The van der Waals surface area contributed by atoms with Crippen LogP contribution in [0.5, 0.6) is 0 Å². The summed E-state index contributed by atoms with van der Waals surface area (Å²) < 4.78 is 6.96. The molecule has 1 atom stereocenters. The minimum Gasteiger partial charge on any atom is -0.383 e. The van der Waals surface area contributed by atoms with Crippen molar-refractivity contribution in [3.8, 4) is 0 Å². The second-order valence-electron chi connectivity index (χ2n) is 7.32. The number of ether oxygens (including phenoxy) is 1. The maximum atomic E-state index is 13.4. The first kappa shape index (κ1) is 21.7. The van der Waals surface area contributed by atoms with Gasteiger partial charge in [-0.3, -0.25) is 14.2 Å². The molecule has 6 heteroatoms. The molecule has 0 bridgehead atoms. The van der Waals surface area contributed by atoms with Gasteiger partial charge in [0.05, 0.1) is 23.6 Å². The largest absolute Gasteiger partial charge is 0.383 e. The zero-order valence-electron chi connectivity index (χ0n) is 18.1. The molecule has 6 nitrogen and oxygen atoms in total. The molecule has 0 spiro atoms. The Bertz CT molecular complexity index is 1070. The quantitative estimate of drug-likeness (QED) is 0.567. The van der Waals surface area contributed by atoms with Crippen molar-refractivity contribution in [2.75, 3.05) is 20.3 Å². The Morgan fingerprint density at radius 2 is 1.83 bits per heavy atom. The summed E-state index contributed by atoms with van der Waals surface area (Å²) in [6.45, 7) is 7.22. The van der Waals surface area contributed by atoms with E-state index in [1.165, 1.54) is 0 Å². The van der Waals surface area contributed by atoms with Gasteiger partial charge in [-0.25, -0.2) is 4.98 Å². The number of para-hydroxylation sites is 1. The summed E-state index contributed by atoms with van der Waals surface area (Å²) in [6, 6.07) is 14.5. The Morgan fingerprint density at radius 3 is 2.47 bits per heavy atom. The van der Waals surface area contributed by atoms with Crippen LogP contribution in [0, 0.1) is 6.92 Å². The van der Waals surface area contributed by atoms with E-state index < -0.39 is 0 Å². The molecular weight excluding hydrogens is 378 g/mol. The van der Waals surface area contributed by atoms with Crippen LogP contribution >= 0.6 is 0 Å². The molecule has 3 rings (SSSR count). The lowest BCUT2D eigenvalue weighted by Gasteiger charge is -2.32. The molecule has 1 heterocycles. The lowest BCUT2D eigenvalue weighted by atomic mass is 10.1. The van der Waals surface area contributed by atoms with E-state index in [0.717, 1.165) is 5.56 Å². The van der Waals surface area contributed by atoms with Gasteiger partial charge in [0.15, 0.2) is 0 Å². The van der Waals surface area contributed by atoms with E-state index in [1.54, 1.807) is 22.6 Å². The molecule has 0 saturated carbocycles. The Hall–Kier alpha value is -2.99. The number of benzene rings is 2. The number of methoxy groups -OCH3 is 1. The van der Waals surface area contributed by atoms with Gasteiger partial charge >= 0.3 is 0 Å². The molecule has 0 aliphatic carbocycles.